The number of fused-ring (bicyclic) bond motifs is 1. The molecular formula is C14H15N3O. The van der Waals surface area contributed by atoms with Crippen molar-refractivity contribution in [3.8, 4) is 0 Å². The highest BCUT2D eigenvalue weighted by Gasteiger charge is 2.11. The highest BCUT2D eigenvalue weighted by atomic mass is 16.1. The van der Waals surface area contributed by atoms with E-state index in [1.165, 1.54) is 0 Å². The Morgan fingerprint density at radius 2 is 1.94 bits per heavy atom. The Kier molecular flexibility index (Phi) is 2.94. The molecule has 0 radical (unpaired) electrons. The van der Waals surface area contributed by atoms with Gasteiger partial charge in [0.25, 0.3) is 0 Å². The summed E-state index contributed by atoms with van der Waals surface area (Å²) in [6, 6.07) is 9.71. The molecular weight excluding hydrogens is 226 g/mol. The maximum atomic E-state index is 10.8. The number of anilines is 1. The lowest BCUT2D eigenvalue weighted by Gasteiger charge is -2.28. The van der Waals surface area contributed by atoms with E-state index in [1.54, 1.807) is 0 Å². The van der Waals surface area contributed by atoms with Gasteiger partial charge in [-0.05, 0) is 18.2 Å². The van der Waals surface area contributed by atoms with Crippen molar-refractivity contribution < 1.29 is 4.79 Å². The van der Waals surface area contributed by atoms with E-state index in [9.17, 15) is 4.79 Å². The third-order valence-electron chi connectivity index (χ3n) is 3.28. The fraction of sp³-hybridized carbons (Fsp3) is 0.286. The Bertz CT molecular complexity index is 576. The van der Waals surface area contributed by atoms with Crippen LogP contribution in [0.2, 0.25) is 0 Å². The van der Waals surface area contributed by atoms with Gasteiger partial charge in [0.1, 0.15) is 12.1 Å². The molecule has 1 saturated heterocycles. The third-order valence-corrected chi connectivity index (χ3v) is 3.28. The predicted octanol–water partition coefficient (Wildman–Crippen LogP) is 1.46. The topological polar surface area (TPSA) is 45.2 Å². The number of hydrogen-bond acceptors (Lipinski definition) is 4. The van der Waals surface area contributed by atoms with Crippen LogP contribution in [-0.4, -0.2) is 37.4 Å². The lowest BCUT2D eigenvalue weighted by atomic mass is 10.1. The van der Waals surface area contributed by atoms with Crippen LogP contribution in [0.3, 0.4) is 0 Å². The SMILES string of the molecule is O=Cc1ccc2ccc(N3CCNCC3)nc2c1. The number of carbonyl (C=O) groups excluding carboxylic acids is 1. The van der Waals surface area contributed by atoms with Crippen LogP contribution in [0.1, 0.15) is 10.4 Å². The number of pyridine rings is 1. The highest BCUT2D eigenvalue weighted by molar-refractivity contribution is 5.87. The first-order valence-corrected chi connectivity index (χ1v) is 6.18. The molecule has 4 heteroatoms. The second-order valence-electron chi connectivity index (χ2n) is 4.48. The highest BCUT2D eigenvalue weighted by Crippen LogP contribution is 2.19. The normalized spacial score (nSPS) is 15.9. The fourth-order valence-corrected chi connectivity index (χ4v) is 2.27. The molecule has 3 rings (SSSR count). The van der Waals surface area contributed by atoms with Gasteiger partial charge in [0, 0.05) is 37.1 Å². The molecule has 2 aromatic rings. The number of rotatable bonds is 2. The molecule has 1 N–H and O–H groups in total. The molecule has 0 spiro atoms. The van der Waals surface area contributed by atoms with Gasteiger partial charge in [0.15, 0.2) is 0 Å². The molecule has 18 heavy (non-hydrogen) atoms. The van der Waals surface area contributed by atoms with Gasteiger partial charge in [-0.2, -0.15) is 0 Å². The average Bonchev–Trinajstić information content (AvgIpc) is 2.47. The van der Waals surface area contributed by atoms with Crippen molar-refractivity contribution in [1.82, 2.24) is 10.3 Å². The van der Waals surface area contributed by atoms with E-state index in [4.69, 9.17) is 0 Å². The minimum atomic E-state index is 0.674. The summed E-state index contributed by atoms with van der Waals surface area (Å²) >= 11 is 0. The van der Waals surface area contributed by atoms with E-state index in [1.807, 2.05) is 24.3 Å². The van der Waals surface area contributed by atoms with Crippen LogP contribution >= 0.6 is 0 Å². The van der Waals surface area contributed by atoms with Crippen LogP contribution in [0.25, 0.3) is 10.9 Å². The van der Waals surface area contributed by atoms with Crippen molar-refractivity contribution in [2.45, 2.75) is 0 Å². The van der Waals surface area contributed by atoms with Gasteiger partial charge in [0.05, 0.1) is 5.52 Å². The van der Waals surface area contributed by atoms with Crippen LogP contribution in [0, 0.1) is 0 Å². The molecule has 1 aromatic heterocycles. The number of hydrogen-bond donors (Lipinski definition) is 1. The first-order valence-electron chi connectivity index (χ1n) is 6.18. The van der Waals surface area contributed by atoms with E-state index in [-0.39, 0.29) is 0 Å². The largest absolute Gasteiger partial charge is 0.354 e. The summed E-state index contributed by atoms with van der Waals surface area (Å²) in [5, 5.41) is 4.39. The quantitative estimate of drug-likeness (QED) is 0.808. The minimum absolute atomic E-state index is 0.674. The van der Waals surface area contributed by atoms with Gasteiger partial charge in [0.2, 0.25) is 0 Å². The summed E-state index contributed by atoms with van der Waals surface area (Å²) in [6.07, 6.45) is 0.860. The number of aldehydes is 1. The summed E-state index contributed by atoms with van der Waals surface area (Å²) in [6.45, 7) is 3.94. The maximum Gasteiger partial charge on any atom is 0.150 e. The van der Waals surface area contributed by atoms with E-state index in [2.05, 4.69) is 21.3 Å². The molecule has 0 saturated carbocycles. The van der Waals surface area contributed by atoms with E-state index < -0.39 is 0 Å². The predicted molar refractivity (Wildman–Crippen MR) is 72.2 cm³/mol. The molecule has 1 aliphatic heterocycles. The maximum absolute atomic E-state index is 10.8. The van der Waals surface area contributed by atoms with Crippen molar-refractivity contribution in [3.05, 3.63) is 35.9 Å². The number of nitrogens with zero attached hydrogens (tertiary/aromatic N) is 2. The molecule has 1 aromatic carbocycles. The van der Waals surface area contributed by atoms with Crippen LogP contribution in [0.4, 0.5) is 5.82 Å². The number of aromatic nitrogens is 1. The summed E-state index contributed by atoms with van der Waals surface area (Å²) < 4.78 is 0. The molecule has 4 nitrogen and oxygen atoms in total. The lowest BCUT2D eigenvalue weighted by Crippen LogP contribution is -2.43. The van der Waals surface area contributed by atoms with Crippen LogP contribution in [0.5, 0.6) is 0 Å². The number of benzene rings is 1. The van der Waals surface area contributed by atoms with Crippen LogP contribution < -0.4 is 10.2 Å². The van der Waals surface area contributed by atoms with Crippen molar-refractivity contribution >= 4 is 23.0 Å². The smallest absolute Gasteiger partial charge is 0.150 e. The van der Waals surface area contributed by atoms with Gasteiger partial charge in [-0.1, -0.05) is 12.1 Å². The average molecular weight is 241 g/mol. The Balaban J connectivity index is 2.00. The Hall–Kier alpha value is -1.94. The second-order valence-corrected chi connectivity index (χ2v) is 4.48. The van der Waals surface area contributed by atoms with E-state index in [0.29, 0.717) is 5.56 Å². The van der Waals surface area contributed by atoms with Crippen molar-refractivity contribution in [2.24, 2.45) is 0 Å². The molecule has 0 aliphatic carbocycles. The summed E-state index contributed by atoms with van der Waals surface area (Å²) in [5.74, 6) is 0.993. The lowest BCUT2D eigenvalue weighted by molar-refractivity contribution is 0.112. The molecule has 1 aliphatic rings. The van der Waals surface area contributed by atoms with Crippen molar-refractivity contribution in [1.29, 1.82) is 0 Å². The summed E-state index contributed by atoms with van der Waals surface area (Å²) in [4.78, 5) is 17.7. The van der Waals surface area contributed by atoms with E-state index >= 15 is 0 Å². The van der Waals surface area contributed by atoms with Gasteiger partial charge in [-0.3, -0.25) is 4.79 Å². The number of carbonyl (C=O) groups is 1. The van der Waals surface area contributed by atoms with Crippen LogP contribution in [-0.2, 0) is 0 Å². The number of nitrogens with one attached hydrogen (secondary N) is 1. The molecule has 92 valence electrons. The zero-order chi connectivity index (χ0) is 12.4. The van der Waals surface area contributed by atoms with Crippen molar-refractivity contribution in [2.75, 3.05) is 31.1 Å². The molecule has 0 amide bonds. The number of piperazine rings is 1. The Morgan fingerprint density at radius 1 is 1.17 bits per heavy atom. The Morgan fingerprint density at radius 3 is 2.72 bits per heavy atom. The molecule has 2 heterocycles. The molecule has 1 fully saturated rings. The molecule has 0 unspecified atom stereocenters. The summed E-state index contributed by atoms with van der Waals surface area (Å²) in [5.41, 5.74) is 1.56. The Labute approximate surface area is 106 Å². The molecule has 0 atom stereocenters. The summed E-state index contributed by atoms with van der Waals surface area (Å²) in [7, 11) is 0. The van der Waals surface area contributed by atoms with Crippen molar-refractivity contribution in [3.63, 3.8) is 0 Å². The van der Waals surface area contributed by atoms with Gasteiger partial charge in [-0.15, -0.1) is 0 Å². The third kappa shape index (κ3) is 2.07. The first kappa shape index (κ1) is 11.2. The van der Waals surface area contributed by atoms with Crippen LogP contribution in [0.15, 0.2) is 30.3 Å². The first-order chi connectivity index (χ1) is 8.86. The van der Waals surface area contributed by atoms with E-state index in [0.717, 1.165) is 49.2 Å². The standard InChI is InChI=1S/C14H15N3O/c18-10-11-1-2-12-3-4-14(16-13(12)9-11)17-7-5-15-6-8-17/h1-4,9-10,15H,5-8H2. The van der Waals surface area contributed by atoms with Gasteiger partial charge >= 0.3 is 0 Å². The second kappa shape index (κ2) is 4.74. The zero-order valence-electron chi connectivity index (χ0n) is 10.1. The molecule has 0 bridgehead atoms. The fourth-order valence-electron chi connectivity index (χ4n) is 2.27. The monoisotopic (exact) mass is 241 g/mol. The van der Waals surface area contributed by atoms with Gasteiger partial charge in [-0.25, -0.2) is 4.98 Å². The van der Waals surface area contributed by atoms with Gasteiger partial charge < -0.3 is 10.2 Å². The zero-order valence-corrected chi connectivity index (χ0v) is 10.1. The minimum Gasteiger partial charge on any atom is -0.354 e.